The Bertz CT molecular complexity index is 308. The van der Waals surface area contributed by atoms with E-state index in [-0.39, 0.29) is 79.0 Å². The molecule has 1 fully saturated rings. The van der Waals surface area contributed by atoms with Gasteiger partial charge in [-0.2, -0.15) is 0 Å². The Balaban J connectivity index is 0. The van der Waals surface area contributed by atoms with Gasteiger partial charge >= 0.3 is 14.5 Å². The number of amides is 1. The molecule has 1 rings (SSSR count). The minimum absolute atomic E-state index is 0. The Morgan fingerprint density at radius 2 is 1.68 bits per heavy atom. The van der Waals surface area contributed by atoms with Gasteiger partial charge < -0.3 is 27.5 Å². The van der Waals surface area contributed by atoms with Crippen molar-refractivity contribution in [2.75, 3.05) is 32.6 Å². The quantitative estimate of drug-likeness (QED) is 0.727. The van der Waals surface area contributed by atoms with Crippen molar-refractivity contribution >= 4 is 64.5 Å². The van der Waals surface area contributed by atoms with Crippen LogP contribution in [0.5, 0.6) is 0 Å². The number of piperazine rings is 1. The fourth-order valence-electron chi connectivity index (χ4n) is 1.73. The van der Waals surface area contributed by atoms with E-state index < -0.39 is 25.1 Å². The van der Waals surface area contributed by atoms with Crippen molar-refractivity contribution < 1.29 is 23.9 Å². The number of rotatable bonds is 2. The minimum atomic E-state index is -4.80. The Morgan fingerprint density at radius 3 is 2.05 bits per heavy atom. The maximum atomic E-state index is 12.2. The van der Waals surface area contributed by atoms with Gasteiger partial charge in [-0.15, -0.1) is 0 Å². The molecule has 107 valence electrons. The molecule has 4 nitrogen and oxygen atoms in total. The van der Waals surface area contributed by atoms with Gasteiger partial charge in [0.25, 0.3) is 0 Å². The Labute approximate surface area is 156 Å². The van der Waals surface area contributed by atoms with Gasteiger partial charge in [0.1, 0.15) is 5.60 Å². The predicted molar refractivity (Wildman–Crippen MR) is 70.2 cm³/mol. The molecule has 1 amide bonds. The number of carbonyl (C=O) groups excluding carboxylic acids is 1. The van der Waals surface area contributed by atoms with E-state index in [0.717, 1.165) is 0 Å². The van der Waals surface area contributed by atoms with Crippen LogP contribution in [0.2, 0.25) is 0 Å². The first-order valence-corrected chi connectivity index (χ1v) is 5.98. The molecule has 1 heterocycles. The number of ether oxygens (including phenoxy) is 1. The van der Waals surface area contributed by atoms with Gasteiger partial charge in [-0.1, -0.05) is 0 Å². The van der Waals surface area contributed by atoms with Gasteiger partial charge in [0.15, 0.2) is 0 Å². The number of hydrogen-bond donors (Lipinski definition) is 0. The van der Waals surface area contributed by atoms with Gasteiger partial charge in [0.2, 0.25) is 0 Å². The van der Waals surface area contributed by atoms with Crippen molar-refractivity contribution in [1.82, 2.24) is 9.80 Å². The second kappa shape index (κ2) is 7.65. The van der Waals surface area contributed by atoms with Gasteiger partial charge in [0, 0.05) is 77.6 Å². The van der Waals surface area contributed by atoms with Crippen LogP contribution >= 0.6 is 0 Å². The maximum absolute atomic E-state index is 12.2. The molecule has 0 aromatic heterocycles. The minimum Gasteiger partial charge on any atom is -0.448 e. The van der Waals surface area contributed by atoms with E-state index in [4.69, 9.17) is 4.74 Å². The normalized spacial score (nSPS) is 17.9. The summed E-state index contributed by atoms with van der Waals surface area (Å²) in [6.45, 7) is 1.51. The van der Waals surface area contributed by atoms with Crippen LogP contribution < -0.4 is 0 Å². The molecular weight excluding hydrogens is 287 g/mol. The van der Waals surface area contributed by atoms with Crippen molar-refractivity contribution in [3.05, 3.63) is 0 Å². The fraction of sp³-hybridized carbons (Fsp3) is 0.900. The van der Waals surface area contributed by atoms with E-state index in [9.17, 15) is 17.7 Å². The molecule has 0 unspecified atom stereocenters. The Hall–Kier alpha value is 0.721. The van der Waals surface area contributed by atoms with Gasteiger partial charge in [0.05, 0.1) is 0 Å². The zero-order valence-electron chi connectivity index (χ0n) is 13.0. The van der Waals surface area contributed by atoms with E-state index in [1.54, 1.807) is 20.8 Å². The summed E-state index contributed by atoms with van der Waals surface area (Å²) in [7, 11) is 0. The van der Waals surface area contributed by atoms with Crippen LogP contribution in [0.4, 0.5) is 17.7 Å². The van der Waals surface area contributed by atoms with E-state index >= 15 is 0 Å². The summed E-state index contributed by atoms with van der Waals surface area (Å²) in [5.41, 5.74) is -0.580. The average molecular weight is 307 g/mol. The van der Waals surface area contributed by atoms with Crippen molar-refractivity contribution in [3.8, 4) is 0 Å². The molecule has 0 aromatic rings. The molecule has 19 heavy (non-hydrogen) atoms. The molecule has 9 heteroatoms. The zero-order chi connectivity index (χ0) is 14.0. The molecule has 1 aliphatic heterocycles. The van der Waals surface area contributed by atoms with Crippen LogP contribution in [0, 0.1) is 0 Å². The number of nitrogens with zero attached hydrogens (tertiary/aromatic N) is 2. The van der Waals surface area contributed by atoms with E-state index in [1.165, 1.54) is 9.80 Å². The second-order valence-corrected chi connectivity index (χ2v) is 5.48. The zero-order valence-corrected chi connectivity index (χ0v) is 15.1. The average Bonchev–Trinajstić information content (AvgIpc) is 2.13. The Kier molecular flexibility index (Phi) is 7.94. The van der Waals surface area contributed by atoms with Gasteiger partial charge in [-0.25, -0.2) is 4.79 Å². The second-order valence-electron chi connectivity index (χ2n) is 5.48. The number of hydrogen-bond acceptors (Lipinski definition) is 3. The first-order valence-electron chi connectivity index (χ1n) is 5.98. The van der Waals surface area contributed by atoms with Crippen molar-refractivity contribution in [2.45, 2.75) is 26.4 Å². The monoisotopic (exact) mass is 307 g/mol. The van der Waals surface area contributed by atoms with Gasteiger partial charge in [-0.05, 0) is 27.2 Å². The van der Waals surface area contributed by atoms with E-state index in [2.05, 4.69) is 0 Å². The summed E-state index contributed by atoms with van der Waals surface area (Å²) in [4.78, 5) is 14.4. The number of carbonyl (C=O) groups is 1. The van der Waals surface area contributed by atoms with Crippen molar-refractivity contribution in [3.63, 3.8) is 0 Å². The summed E-state index contributed by atoms with van der Waals surface area (Å²) in [6.07, 6.45) is -1.32. The SMILES string of the molecule is CC(C)(C)OC(=O)N1CCN(C[B-](F)(F)F)CC1.[H+].[K]. The molecule has 0 aromatic carbocycles. The molecule has 1 aliphatic rings. The third kappa shape index (κ3) is 8.57. The maximum Gasteiger partial charge on any atom is 1.00 e. The summed E-state index contributed by atoms with van der Waals surface area (Å²) in [6, 6.07) is 0. The molecule has 1 radical (unpaired) electrons. The molecule has 0 N–H and O–H groups in total. The molecule has 0 bridgehead atoms. The predicted octanol–water partition coefficient (Wildman–Crippen LogP) is 1.66. The molecule has 0 spiro atoms. The van der Waals surface area contributed by atoms with Gasteiger partial charge in [-0.3, -0.25) is 0 Å². The molecular formula is C10H20BF3KN2O2. The Morgan fingerprint density at radius 1 is 1.21 bits per heavy atom. The van der Waals surface area contributed by atoms with Crippen molar-refractivity contribution in [2.24, 2.45) is 0 Å². The number of halogens is 3. The first-order chi connectivity index (χ1) is 8.07. The third-order valence-electron chi connectivity index (χ3n) is 2.49. The molecule has 0 saturated carbocycles. The van der Waals surface area contributed by atoms with E-state index in [0.29, 0.717) is 0 Å². The van der Waals surface area contributed by atoms with Crippen LogP contribution in [0.3, 0.4) is 0 Å². The summed E-state index contributed by atoms with van der Waals surface area (Å²) in [5.74, 6) is 0. The summed E-state index contributed by atoms with van der Waals surface area (Å²) < 4.78 is 41.9. The standard InChI is InChI=1S/C10H19BF3N2O2.K/c1-10(2,3)18-9(17)16-6-4-15(5-7-16)8-11(12,13)14;/h4-8H2,1-3H3;/q-1;/p+1. The van der Waals surface area contributed by atoms with Crippen molar-refractivity contribution in [1.29, 1.82) is 0 Å². The summed E-state index contributed by atoms with van der Waals surface area (Å²) in [5, 5.41) is 0. The smallest absolute Gasteiger partial charge is 0.448 e. The largest absolute Gasteiger partial charge is 1.00 e. The van der Waals surface area contributed by atoms with E-state index in [1.807, 2.05) is 0 Å². The fourth-order valence-corrected chi connectivity index (χ4v) is 1.73. The summed E-state index contributed by atoms with van der Waals surface area (Å²) >= 11 is 0. The van der Waals surface area contributed by atoms with Crippen LogP contribution in [-0.4, -0.2) is 112 Å². The van der Waals surface area contributed by atoms with Crippen LogP contribution in [0.25, 0.3) is 0 Å². The van der Waals surface area contributed by atoms with Crippen LogP contribution in [-0.2, 0) is 4.74 Å². The van der Waals surface area contributed by atoms with Crippen LogP contribution in [0.15, 0.2) is 0 Å². The van der Waals surface area contributed by atoms with Crippen LogP contribution in [0.1, 0.15) is 22.2 Å². The molecule has 0 aliphatic carbocycles. The molecule has 0 atom stereocenters. The third-order valence-corrected chi connectivity index (χ3v) is 2.49. The first kappa shape index (κ1) is 19.7. The topological polar surface area (TPSA) is 32.8 Å². The molecule has 1 saturated heterocycles.